The lowest BCUT2D eigenvalue weighted by molar-refractivity contribution is 0.0992. The van der Waals surface area contributed by atoms with Gasteiger partial charge in [0.15, 0.2) is 5.78 Å². The average Bonchev–Trinajstić information content (AvgIpc) is 3.30. The van der Waals surface area contributed by atoms with Crippen molar-refractivity contribution in [3.8, 4) is 0 Å². The number of hydrogen-bond donors (Lipinski definition) is 1. The Bertz CT molecular complexity index is 1240. The summed E-state index contributed by atoms with van der Waals surface area (Å²) in [6.07, 6.45) is 4.87. The van der Waals surface area contributed by atoms with Gasteiger partial charge in [0.1, 0.15) is 5.82 Å². The molecule has 2 heterocycles. The number of benzene rings is 2. The number of ketones is 1. The third-order valence-corrected chi connectivity index (χ3v) is 5.19. The van der Waals surface area contributed by atoms with E-state index in [0.717, 1.165) is 5.56 Å². The summed E-state index contributed by atoms with van der Waals surface area (Å²) in [4.78, 5) is 29.8. The summed E-state index contributed by atoms with van der Waals surface area (Å²) in [6, 6.07) is 15.4. The molecule has 0 aliphatic heterocycles. The van der Waals surface area contributed by atoms with E-state index >= 15 is 0 Å². The van der Waals surface area contributed by atoms with Gasteiger partial charge in [-0.15, -0.1) is 5.10 Å². The van der Waals surface area contributed by atoms with Gasteiger partial charge in [0.05, 0.1) is 17.8 Å². The van der Waals surface area contributed by atoms with Crippen LogP contribution in [0.2, 0.25) is 10.0 Å². The van der Waals surface area contributed by atoms with Gasteiger partial charge in [-0.2, -0.15) is 0 Å². The fraction of sp³-hybridized carbons (Fsp3) is 0.0870. The van der Waals surface area contributed by atoms with Gasteiger partial charge in [-0.05, 0) is 35.4 Å². The number of hydrogen-bond acceptors (Lipinski definition) is 5. The number of amides is 1. The number of Topliss-reactive ketones (excluding diaryl/α,β-unsaturated/α-hetero) is 1. The molecule has 32 heavy (non-hydrogen) atoms. The molecule has 0 fully saturated rings. The molecule has 160 valence electrons. The number of anilines is 1. The van der Waals surface area contributed by atoms with Crippen LogP contribution in [0.3, 0.4) is 0 Å². The van der Waals surface area contributed by atoms with Crippen LogP contribution in [0.1, 0.15) is 31.8 Å². The Labute approximate surface area is 194 Å². The van der Waals surface area contributed by atoms with Gasteiger partial charge in [-0.3, -0.25) is 9.59 Å². The summed E-state index contributed by atoms with van der Waals surface area (Å²) < 4.78 is 1.70. The molecular formula is C23H17Cl2N5O2. The molecule has 0 atom stereocenters. The molecule has 0 saturated carbocycles. The SMILES string of the molecule is O=C(Cc1ccc(Cl)cc1C(=O)Nc1ccc(Cl)cn1)c1ccc(Cn2ccnn2)cc1. The Morgan fingerprint density at radius 1 is 0.969 bits per heavy atom. The number of halogens is 2. The highest BCUT2D eigenvalue weighted by molar-refractivity contribution is 6.31. The molecule has 0 bridgehead atoms. The zero-order valence-corrected chi connectivity index (χ0v) is 18.2. The lowest BCUT2D eigenvalue weighted by Crippen LogP contribution is -2.17. The number of aromatic nitrogens is 4. The van der Waals surface area contributed by atoms with Gasteiger partial charge in [-0.25, -0.2) is 9.67 Å². The number of pyridine rings is 1. The Hall–Kier alpha value is -3.55. The topological polar surface area (TPSA) is 89.8 Å². The van der Waals surface area contributed by atoms with E-state index in [1.807, 2.05) is 12.1 Å². The largest absolute Gasteiger partial charge is 0.307 e. The predicted octanol–water partition coefficient (Wildman–Crippen LogP) is 4.71. The van der Waals surface area contributed by atoms with E-state index in [0.29, 0.717) is 39.1 Å². The first-order chi connectivity index (χ1) is 15.5. The third-order valence-electron chi connectivity index (χ3n) is 4.73. The zero-order chi connectivity index (χ0) is 22.5. The van der Waals surface area contributed by atoms with Crippen molar-refractivity contribution >= 4 is 40.7 Å². The minimum Gasteiger partial charge on any atom is -0.307 e. The van der Waals surface area contributed by atoms with Crippen LogP contribution in [0.4, 0.5) is 5.82 Å². The van der Waals surface area contributed by atoms with Crippen LogP contribution in [-0.4, -0.2) is 31.7 Å². The van der Waals surface area contributed by atoms with Gasteiger partial charge >= 0.3 is 0 Å². The second-order valence-corrected chi connectivity index (χ2v) is 7.89. The number of rotatable bonds is 7. The van der Waals surface area contributed by atoms with Crippen LogP contribution in [0.5, 0.6) is 0 Å². The molecule has 0 aliphatic rings. The van der Waals surface area contributed by atoms with Gasteiger partial charge in [0, 0.05) is 35.0 Å². The van der Waals surface area contributed by atoms with Crippen molar-refractivity contribution in [3.63, 3.8) is 0 Å². The molecule has 9 heteroatoms. The number of carbonyl (C=O) groups excluding carboxylic acids is 2. The van der Waals surface area contributed by atoms with E-state index in [1.165, 1.54) is 12.3 Å². The Kier molecular flexibility index (Phi) is 6.58. The van der Waals surface area contributed by atoms with Crippen molar-refractivity contribution in [2.24, 2.45) is 0 Å². The van der Waals surface area contributed by atoms with Crippen LogP contribution in [0, 0.1) is 0 Å². The van der Waals surface area contributed by atoms with Gasteiger partial charge < -0.3 is 5.32 Å². The minimum atomic E-state index is -0.409. The first-order valence-corrected chi connectivity index (χ1v) is 10.4. The second kappa shape index (κ2) is 9.72. The molecular weight excluding hydrogens is 449 g/mol. The molecule has 1 amide bonds. The lowest BCUT2D eigenvalue weighted by atomic mass is 9.97. The summed E-state index contributed by atoms with van der Waals surface area (Å²) in [5.74, 6) is -0.175. The van der Waals surface area contributed by atoms with Crippen molar-refractivity contribution < 1.29 is 9.59 Å². The Balaban J connectivity index is 1.49. The highest BCUT2D eigenvalue weighted by atomic mass is 35.5. The van der Waals surface area contributed by atoms with E-state index in [-0.39, 0.29) is 12.2 Å². The maximum atomic E-state index is 12.9. The van der Waals surface area contributed by atoms with E-state index in [4.69, 9.17) is 23.2 Å². The van der Waals surface area contributed by atoms with Crippen LogP contribution in [-0.2, 0) is 13.0 Å². The molecule has 0 spiro atoms. The molecule has 4 rings (SSSR count). The smallest absolute Gasteiger partial charge is 0.257 e. The van der Waals surface area contributed by atoms with Crippen LogP contribution in [0.25, 0.3) is 0 Å². The monoisotopic (exact) mass is 465 g/mol. The molecule has 4 aromatic rings. The molecule has 2 aromatic carbocycles. The van der Waals surface area contributed by atoms with Crippen molar-refractivity contribution in [3.05, 3.63) is 105 Å². The summed E-state index contributed by atoms with van der Waals surface area (Å²) in [5.41, 5.74) is 2.42. The Morgan fingerprint density at radius 3 is 2.44 bits per heavy atom. The highest BCUT2D eigenvalue weighted by Crippen LogP contribution is 2.20. The number of nitrogens with zero attached hydrogens (tertiary/aromatic N) is 4. The molecule has 7 nitrogen and oxygen atoms in total. The number of carbonyl (C=O) groups is 2. The fourth-order valence-corrected chi connectivity index (χ4v) is 3.41. The van der Waals surface area contributed by atoms with Gasteiger partial charge in [0.25, 0.3) is 5.91 Å². The summed E-state index contributed by atoms with van der Waals surface area (Å²) in [5, 5.41) is 11.3. The zero-order valence-electron chi connectivity index (χ0n) is 16.7. The molecule has 0 saturated heterocycles. The quantitative estimate of drug-likeness (QED) is 0.399. The first-order valence-electron chi connectivity index (χ1n) is 9.65. The summed E-state index contributed by atoms with van der Waals surface area (Å²) >= 11 is 11.9. The van der Waals surface area contributed by atoms with Crippen molar-refractivity contribution in [1.82, 2.24) is 20.0 Å². The first kappa shape index (κ1) is 21.7. The Morgan fingerprint density at radius 2 is 1.75 bits per heavy atom. The predicted molar refractivity (Wildman–Crippen MR) is 122 cm³/mol. The van der Waals surface area contributed by atoms with E-state index in [1.54, 1.807) is 53.5 Å². The van der Waals surface area contributed by atoms with Crippen LogP contribution >= 0.6 is 23.2 Å². The molecule has 1 N–H and O–H groups in total. The average molecular weight is 466 g/mol. The normalized spacial score (nSPS) is 10.7. The molecule has 0 radical (unpaired) electrons. The van der Waals surface area contributed by atoms with Crippen LogP contribution in [0.15, 0.2) is 73.2 Å². The highest BCUT2D eigenvalue weighted by Gasteiger charge is 2.17. The number of nitrogens with one attached hydrogen (secondary N) is 1. The summed E-state index contributed by atoms with van der Waals surface area (Å²) in [7, 11) is 0. The van der Waals surface area contributed by atoms with Crippen molar-refractivity contribution in [2.45, 2.75) is 13.0 Å². The maximum absolute atomic E-state index is 12.9. The minimum absolute atomic E-state index is 0.0520. The van der Waals surface area contributed by atoms with Crippen molar-refractivity contribution in [2.75, 3.05) is 5.32 Å². The lowest BCUT2D eigenvalue weighted by Gasteiger charge is -2.11. The standard InChI is InChI=1S/C23H17Cl2N5O2/c24-18-6-5-17(20(12-18)23(32)28-22-8-7-19(25)13-26-22)11-21(31)16-3-1-15(2-4-16)14-30-10-9-27-29-30/h1-10,12-13H,11,14H2,(H,26,28,32). The fourth-order valence-electron chi connectivity index (χ4n) is 3.12. The molecule has 0 aliphatic carbocycles. The second-order valence-electron chi connectivity index (χ2n) is 7.01. The third kappa shape index (κ3) is 5.38. The van der Waals surface area contributed by atoms with E-state index < -0.39 is 5.91 Å². The summed E-state index contributed by atoms with van der Waals surface area (Å²) in [6.45, 7) is 0.564. The maximum Gasteiger partial charge on any atom is 0.257 e. The van der Waals surface area contributed by atoms with E-state index in [2.05, 4.69) is 20.6 Å². The van der Waals surface area contributed by atoms with Crippen LogP contribution < -0.4 is 5.32 Å². The van der Waals surface area contributed by atoms with E-state index in [9.17, 15) is 9.59 Å². The van der Waals surface area contributed by atoms with Crippen molar-refractivity contribution in [1.29, 1.82) is 0 Å². The van der Waals surface area contributed by atoms with Gasteiger partial charge in [0.2, 0.25) is 0 Å². The molecule has 2 aromatic heterocycles. The molecule has 0 unspecified atom stereocenters. The van der Waals surface area contributed by atoms with Gasteiger partial charge in [-0.1, -0.05) is 58.7 Å².